The van der Waals surface area contributed by atoms with Crippen LogP contribution in [0.5, 0.6) is 0 Å². The van der Waals surface area contributed by atoms with Crippen LogP contribution in [-0.4, -0.2) is 14.9 Å². The van der Waals surface area contributed by atoms with E-state index in [-0.39, 0.29) is 5.70 Å². The molecule has 52 valence electrons. The van der Waals surface area contributed by atoms with E-state index in [1.54, 1.807) is 0 Å². The maximum absolute atomic E-state index is 10.1. The summed E-state index contributed by atoms with van der Waals surface area (Å²) in [4.78, 5) is 15.7. The summed E-state index contributed by atoms with van der Waals surface area (Å²) in [7, 11) is 0. The molecule has 1 aromatic heterocycles. The van der Waals surface area contributed by atoms with Gasteiger partial charge in [0.25, 0.3) is 5.70 Å². The zero-order valence-electron chi connectivity index (χ0n) is 5.07. The fourth-order valence-corrected chi connectivity index (χ4v) is 0.512. The van der Waals surface area contributed by atoms with Gasteiger partial charge in [0.2, 0.25) is 0 Å². The van der Waals surface area contributed by atoms with Crippen molar-refractivity contribution in [2.75, 3.05) is 0 Å². The molecule has 0 radical (unpaired) electrons. The molecule has 1 rings (SSSR count). The third kappa shape index (κ3) is 1.02. The Morgan fingerprint density at radius 2 is 2.60 bits per heavy atom. The van der Waals surface area contributed by atoms with Gasteiger partial charge in [-0.2, -0.15) is 0 Å². The van der Waals surface area contributed by atoms with Gasteiger partial charge >= 0.3 is 0 Å². The van der Waals surface area contributed by atoms with Crippen molar-refractivity contribution in [1.82, 2.24) is 9.97 Å². The number of aromatic nitrogens is 2. The van der Waals surface area contributed by atoms with Gasteiger partial charge in [0.05, 0.1) is 17.4 Å². The van der Waals surface area contributed by atoms with Gasteiger partial charge in [-0.3, -0.25) is 10.1 Å². The average Bonchev–Trinajstić information content (AvgIpc) is 2.36. The fourth-order valence-electron chi connectivity index (χ4n) is 0.512. The number of nitrogens with zero attached hydrogens (tertiary/aromatic N) is 2. The van der Waals surface area contributed by atoms with E-state index in [0.29, 0.717) is 5.69 Å². The molecule has 0 atom stereocenters. The molecule has 0 aliphatic heterocycles. The topological polar surface area (TPSA) is 71.8 Å². The zero-order chi connectivity index (χ0) is 7.56. The molecule has 1 aromatic rings. The second-order valence-corrected chi connectivity index (χ2v) is 1.67. The van der Waals surface area contributed by atoms with E-state index < -0.39 is 4.92 Å². The highest BCUT2D eigenvalue weighted by atomic mass is 16.6. The zero-order valence-corrected chi connectivity index (χ0v) is 5.07. The Morgan fingerprint density at radius 3 is 3.00 bits per heavy atom. The summed E-state index contributed by atoms with van der Waals surface area (Å²) < 4.78 is 0. The highest BCUT2D eigenvalue weighted by molar-refractivity contribution is 5.50. The molecule has 0 spiro atoms. The molecule has 1 N–H and O–H groups in total. The number of nitrogens with one attached hydrogen (secondary N) is 1. The molecule has 0 unspecified atom stereocenters. The molecule has 0 fully saturated rings. The Hall–Kier alpha value is -1.65. The Kier molecular flexibility index (Phi) is 1.49. The molecule has 0 saturated heterocycles. The number of hydrogen-bond acceptors (Lipinski definition) is 3. The third-order valence-electron chi connectivity index (χ3n) is 1.03. The van der Waals surface area contributed by atoms with Gasteiger partial charge in [0.15, 0.2) is 0 Å². The highest BCUT2D eigenvalue weighted by Crippen LogP contribution is 2.06. The van der Waals surface area contributed by atoms with Crippen molar-refractivity contribution < 1.29 is 4.92 Å². The maximum atomic E-state index is 10.1. The Balaban J connectivity index is 2.88. The minimum Gasteiger partial charge on any atom is -0.340 e. The predicted molar refractivity (Wildman–Crippen MR) is 34.6 cm³/mol. The van der Waals surface area contributed by atoms with Crippen molar-refractivity contribution in [1.29, 1.82) is 0 Å². The molecule has 0 bridgehead atoms. The first kappa shape index (κ1) is 6.47. The first-order chi connectivity index (χ1) is 4.72. The van der Waals surface area contributed by atoms with Crippen molar-refractivity contribution >= 4 is 5.70 Å². The van der Waals surface area contributed by atoms with Crippen LogP contribution in [0, 0.1) is 10.1 Å². The van der Waals surface area contributed by atoms with Crippen LogP contribution in [-0.2, 0) is 0 Å². The molecule has 5 heteroatoms. The van der Waals surface area contributed by atoms with Crippen molar-refractivity contribution in [3.63, 3.8) is 0 Å². The van der Waals surface area contributed by atoms with Gasteiger partial charge in [0, 0.05) is 0 Å². The summed E-state index contributed by atoms with van der Waals surface area (Å²) >= 11 is 0. The minimum atomic E-state index is -0.562. The summed E-state index contributed by atoms with van der Waals surface area (Å²) in [6.07, 6.45) is 2.72. The van der Waals surface area contributed by atoms with E-state index in [0.717, 1.165) is 0 Å². The summed E-state index contributed by atoms with van der Waals surface area (Å²) in [5, 5.41) is 10.1. The summed E-state index contributed by atoms with van der Waals surface area (Å²) in [6.45, 7) is 3.23. The quantitative estimate of drug-likeness (QED) is 0.483. The lowest BCUT2D eigenvalue weighted by atomic mass is 10.4. The van der Waals surface area contributed by atoms with Crippen LogP contribution in [0.15, 0.2) is 19.1 Å². The monoisotopic (exact) mass is 139 g/mol. The van der Waals surface area contributed by atoms with Crippen molar-refractivity contribution in [2.24, 2.45) is 0 Å². The minimum absolute atomic E-state index is 0.169. The van der Waals surface area contributed by atoms with Crippen LogP contribution in [0.25, 0.3) is 5.70 Å². The lowest BCUT2D eigenvalue weighted by Crippen LogP contribution is -1.95. The number of nitro groups is 1. The van der Waals surface area contributed by atoms with Gasteiger partial charge in [0.1, 0.15) is 5.69 Å². The summed E-state index contributed by atoms with van der Waals surface area (Å²) in [5.41, 5.74) is 0.169. The van der Waals surface area contributed by atoms with Crippen LogP contribution in [0.1, 0.15) is 5.69 Å². The van der Waals surface area contributed by atoms with Gasteiger partial charge in [-0.1, -0.05) is 0 Å². The molecule has 5 nitrogen and oxygen atoms in total. The molecule has 0 saturated carbocycles. The van der Waals surface area contributed by atoms with E-state index in [1.807, 2.05) is 0 Å². The smallest absolute Gasteiger partial charge is 0.287 e. The molecule has 0 aliphatic rings. The Morgan fingerprint density at radius 1 is 1.90 bits per heavy atom. The van der Waals surface area contributed by atoms with Gasteiger partial charge in [-0.05, 0) is 6.58 Å². The molecular weight excluding hydrogens is 134 g/mol. The fraction of sp³-hybridized carbons (Fsp3) is 0. The van der Waals surface area contributed by atoms with Crippen LogP contribution in [0.3, 0.4) is 0 Å². The van der Waals surface area contributed by atoms with Gasteiger partial charge in [-0.15, -0.1) is 0 Å². The van der Waals surface area contributed by atoms with E-state index in [2.05, 4.69) is 16.5 Å². The van der Waals surface area contributed by atoms with E-state index in [1.165, 1.54) is 12.5 Å². The first-order valence-electron chi connectivity index (χ1n) is 2.54. The van der Waals surface area contributed by atoms with Crippen molar-refractivity contribution in [2.45, 2.75) is 0 Å². The molecule has 0 aliphatic carbocycles. The number of hydrogen-bond donors (Lipinski definition) is 1. The number of rotatable bonds is 2. The number of aromatic amines is 1. The van der Waals surface area contributed by atoms with Crippen LogP contribution < -0.4 is 0 Å². The SMILES string of the molecule is C=C(c1cnc[nH]1)[N+](=O)[O-]. The van der Waals surface area contributed by atoms with Crippen LogP contribution in [0.2, 0.25) is 0 Å². The standard InChI is InChI=1S/C5H5N3O2/c1-4(8(9)10)5-2-6-3-7-5/h2-3H,1H2,(H,6,7). The second-order valence-electron chi connectivity index (χ2n) is 1.67. The number of H-pyrrole nitrogens is 1. The predicted octanol–water partition coefficient (Wildman–Crippen LogP) is 0.657. The lowest BCUT2D eigenvalue weighted by molar-refractivity contribution is -0.375. The van der Waals surface area contributed by atoms with Crippen molar-refractivity contribution in [3.05, 3.63) is 34.9 Å². The van der Waals surface area contributed by atoms with Crippen LogP contribution in [0.4, 0.5) is 0 Å². The highest BCUT2D eigenvalue weighted by Gasteiger charge is 2.10. The largest absolute Gasteiger partial charge is 0.340 e. The normalized spacial score (nSPS) is 9.20. The third-order valence-corrected chi connectivity index (χ3v) is 1.03. The molecule has 1 heterocycles. The van der Waals surface area contributed by atoms with E-state index in [4.69, 9.17) is 0 Å². The average molecular weight is 139 g/mol. The van der Waals surface area contributed by atoms with Crippen LogP contribution >= 0.6 is 0 Å². The van der Waals surface area contributed by atoms with E-state index in [9.17, 15) is 10.1 Å². The molecule has 0 aromatic carbocycles. The number of imidazole rings is 1. The Labute approximate surface area is 56.6 Å². The van der Waals surface area contributed by atoms with Gasteiger partial charge < -0.3 is 4.98 Å². The molecule has 0 amide bonds. The molecular formula is C5H5N3O2. The second kappa shape index (κ2) is 2.30. The van der Waals surface area contributed by atoms with Gasteiger partial charge in [-0.25, -0.2) is 4.98 Å². The van der Waals surface area contributed by atoms with Crippen molar-refractivity contribution in [3.8, 4) is 0 Å². The summed E-state index contributed by atoms with van der Waals surface area (Å²) in [6, 6.07) is 0. The molecule has 10 heavy (non-hydrogen) atoms. The summed E-state index contributed by atoms with van der Waals surface area (Å²) in [5.74, 6) is 0. The maximum Gasteiger partial charge on any atom is 0.287 e. The van der Waals surface area contributed by atoms with E-state index >= 15 is 0 Å². The first-order valence-corrected chi connectivity index (χ1v) is 2.54. The Bertz CT molecular complexity index is 252. The lowest BCUT2D eigenvalue weighted by Gasteiger charge is -1.88.